The number of imide groups is 1. The molecular weight excluding hydrogens is 464 g/mol. The van der Waals surface area contributed by atoms with Crippen LogP contribution in [0.1, 0.15) is 13.8 Å². The maximum Gasteiger partial charge on any atom is 0.431 e. The van der Waals surface area contributed by atoms with Gasteiger partial charge in [-0.2, -0.15) is 13.2 Å². The van der Waals surface area contributed by atoms with E-state index < -0.39 is 35.4 Å². The number of benzene rings is 1. The molecule has 1 atom stereocenters. The van der Waals surface area contributed by atoms with E-state index in [-0.39, 0.29) is 41.3 Å². The molecule has 0 saturated heterocycles. The van der Waals surface area contributed by atoms with Crippen LogP contribution in [0, 0.1) is 5.82 Å². The van der Waals surface area contributed by atoms with Crippen LogP contribution in [0.15, 0.2) is 42.2 Å². The second kappa shape index (κ2) is 10.6. The van der Waals surface area contributed by atoms with Gasteiger partial charge in [-0.15, -0.1) is 0 Å². The molecule has 1 heterocycles. The van der Waals surface area contributed by atoms with E-state index in [2.05, 4.69) is 4.98 Å². The summed E-state index contributed by atoms with van der Waals surface area (Å²) in [5.74, 6) is -3.21. The fourth-order valence-corrected chi connectivity index (χ4v) is 2.54. The van der Waals surface area contributed by atoms with Crippen molar-refractivity contribution in [3.8, 4) is 17.4 Å². The second-order valence-corrected chi connectivity index (χ2v) is 6.83. The van der Waals surface area contributed by atoms with Gasteiger partial charge < -0.3 is 20.1 Å². The highest BCUT2D eigenvalue weighted by molar-refractivity contribution is 5.95. The average Bonchev–Trinajstić information content (AvgIpc) is 2.74. The first-order valence-electron chi connectivity index (χ1n) is 9.50. The number of ether oxygens (including phenoxy) is 2. The number of nitrogens with one attached hydrogen (secondary N) is 1. The molecule has 0 radical (unpaired) electrons. The third-order valence-corrected chi connectivity index (χ3v) is 4.38. The highest BCUT2D eigenvalue weighted by Crippen LogP contribution is 2.39. The number of aromatic nitrogens is 1. The summed E-state index contributed by atoms with van der Waals surface area (Å²) in [5, 5.41) is 1.55. The lowest BCUT2D eigenvalue weighted by Gasteiger charge is -2.25. The second-order valence-electron chi connectivity index (χ2n) is 6.83. The minimum atomic E-state index is -5.09. The SMILES string of the molecule is CC(=O)C(C)Oc1ncccc1Oc1cc(N(C)/C(=C\C(=O)NC=O)C(F)(F)F)c(F)cc1N. The highest BCUT2D eigenvalue weighted by Gasteiger charge is 2.38. The number of hydrogen-bond donors (Lipinski definition) is 2. The summed E-state index contributed by atoms with van der Waals surface area (Å²) in [6.45, 7) is 2.78. The first kappa shape index (κ1) is 26.1. The van der Waals surface area contributed by atoms with Gasteiger partial charge in [0.05, 0.1) is 11.4 Å². The van der Waals surface area contributed by atoms with Crippen LogP contribution in [-0.4, -0.2) is 42.4 Å². The number of ketones is 1. The number of hydrogen-bond acceptors (Lipinski definition) is 8. The number of amides is 2. The van der Waals surface area contributed by atoms with Crippen molar-refractivity contribution in [1.29, 1.82) is 0 Å². The molecule has 3 N–H and O–H groups in total. The molecule has 182 valence electrons. The molecule has 0 aliphatic carbocycles. The third-order valence-electron chi connectivity index (χ3n) is 4.38. The molecule has 1 aromatic carbocycles. The summed E-state index contributed by atoms with van der Waals surface area (Å²) in [5.41, 5.74) is 3.31. The van der Waals surface area contributed by atoms with Crippen LogP contribution in [0.4, 0.5) is 28.9 Å². The third kappa shape index (κ3) is 6.43. The largest absolute Gasteiger partial charge is 0.464 e. The van der Waals surface area contributed by atoms with E-state index >= 15 is 0 Å². The molecule has 0 fully saturated rings. The van der Waals surface area contributed by atoms with Gasteiger partial charge in [-0.1, -0.05) is 0 Å². The number of halogens is 4. The molecule has 1 aromatic heterocycles. The molecule has 0 spiro atoms. The summed E-state index contributed by atoms with van der Waals surface area (Å²) < 4.78 is 66.3. The summed E-state index contributed by atoms with van der Waals surface area (Å²) in [6, 6.07) is 4.47. The number of nitrogen functional groups attached to an aromatic ring is 1. The Kier molecular flexibility index (Phi) is 8.16. The highest BCUT2D eigenvalue weighted by atomic mass is 19.4. The Morgan fingerprint density at radius 1 is 1.26 bits per heavy atom. The van der Waals surface area contributed by atoms with Crippen LogP contribution < -0.4 is 25.4 Å². The zero-order valence-electron chi connectivity index (χ0n) is 18.1. The van der Waals surface area contributed by atoms with Crippen molar-refractivity contribution >= 4 is 29.5 Å². The number of alkyl halides is 3. The Bertz CT molecular complexity index is 1120. The van der Waals surface area contributed by atoms with Gasteiger partial charge in [0, 0.05) is 31.5 Å². The topological polar surface area (TPSA) is 124 Å². The fraction of sp³-hybridized carbons (Fsp3) is 0.238. The van der Waals surface area contributed by atoms with Gasteiger partial charge in [-0.3, -0.25) is 19.7 Å². The lowest BCUT2D eigenvalue weighted by atomic mass is 10.2. The standard InChI is InChI=1S/C21H20F4N4O5/c1-11(31)12(2)33-20-16(5-4-6-27-20)34-17-8-15(13(22)7-14(17)26)29(3)18(21(23,24)25)9-19(32)28-10-30/h4-10,12H,26H2,1-3H3,(H,28,30,32)/b18-9-. The number of nitrogens with two attached hydrogens (primary N) is 1. The summed E-state index contributed by atoms with van der Waals surface area (Å²) in [7, 11) is 0.860. The minimum Gasteiger partial charge on any atom is -0.464 e. The molecular formula is C21H20F4N4O5. The Labute approximate surface area is 191 Å². The zero-order chi connectivity index (χ0) is 25.6. The molecule has 2 rings (SSSR count). The molecule has 0 aliphatic heterocycles. The Hall–Kier alpha value is -4.16. The normalized spacial score (nSPS) is 12.5. The van der Waals surface area contributed by atoms with Crippen LogP contribution in [-0.2, 0) is 14.4 Å². The van der Waals surface area contributed by atoms with E-state index in [1.807, 2.05) is 0 Å². The van der Waals surface area contributed by atoms with Gasteiger partial charge in [0.2, 0.25) is 6.41 Å². The van der Waals surface area contributed by atoms with Crippen LogP contribution in [0.3, 0.4) is 0 Å². The molecule has 1 unspecified atom stereocenters. The number of rotatable bonds is 9. The van der Waals surface area contributed by atoms with Crippen LogP contribution >= 0.6 is 0 Å². The van der Waals surface area contributed by atoms with Crippen molar-refractivity contribution in [2.24, 2.45) is 0 Å². The van der Waals surface area contributed by atoms with Crippen molar-refractivity contribution in [3.63, 3.8) is 0 Å². The van der Waals surface area contributed by atoms with Crippen molar-refractivity contribution in [2.75, 3.05) is 17.7 Å². The van der Waals surface area contributed by atoms with Crippen LogP contribution in [0.25, 0.3) is 0 Å². The number of anilines is 2. The lowest BCUT2D eigenvalue weighted by Crippen LogP contribution is -2.32. The van der Waals surface area contributed by atoms with Gasteiger partial charge in [-0.25, -0.2) is 9.37 Å². The molecule has 0 saturated carbocycles. The summed E-state index contributed by atoms with van der Waals surface area (Å²) in [6.07, 6.45) is -4.60. The van der Waals surface area contributed by atoms with Gasteiger partial charge in [0.25, 0.3) is 11.8 Å². The van der Waals surface area contributed by atoms with Gasteiger partial charge in [0.1, 0.15) is 11.5 Å². The van der Waals surface area contributed by atoms with Crippen molar-refractivity contribution in [2.45, 2.75) is 26.1 Å². The molecule has 2 aromatic rings. The van der Waals surface area contributed by atoms with E-state index in [0.29, 0.717) is 4.90 Å². The van der Waals surface area contributed by atoms with E-state index in [1.165, 1.54) is 32.2 Å². The lowest BCUT2D eigenvalue weighted by molar-refractivity contribution is -0.123. The first-order valence-corrected chi connectivity index (χ1v) is 9.50. The van der Waals surface area contributed by atoms with Gasteiger partial charge in [0.15, 0.2) is 23.4 Å². The smallest absolute Gasteiger partial charge is 0.431 e. The predicted octanol–water partition coefficient (Wildman–Crippen LogP) is 3.11. The van der Waals surface area contributed by atoms with E-state index in [1.54, 1.807) is 5.32 Å². The van der Waals surface area contributed by atoms with E-state index in [4.69, 9.17) is 15.2 Å². The molecule has 0 aliphatic rings. The van der Waals surface area contributed by atoms with Crippen molar-refractivity contribution in [1.82, 2.24) is 10.3 Å². The van der Waals surface area contributed by atoms with Gasteiger partial charge >= 0.3 is 6.18 Å². The molecule has 0 bridgehead atoms. The molecule has 2 amide bonds. The van der Waals surface area contributed by atoms with Gasteiger partial charge in [-0.05, 0) is 26.0 Å². The minimum absolute atomic E-state index is 0.0422. The number of carbonyl (C=O) groups excluding carboxylic acids is 3. The quantitative estimate of drug-likeness (QED) is 0.241. The Morgan fingerprint density at radius 2 is 1.94 bits per heavy atom. The van der Waals surface area contributed by atoms with Crippen molar-refractivity contribution in [3.05, 3.63) is 48.1 Å². The van der Waals surface area contributed by atoms with E-state index in [0.717, 1.165) is 19.2 Å². The fourth-order valence-electron chi connectivity index (χ4n) is 2.54. The number of carbonyl (C=O) groups is 3. The van der Waals surface area contributed by atoms with E-state index in [9.17, 15) is 31.9 Å². The number of pyridine rings is 1. The Morgan fingerprint density at radius 3 is 2.53 bits per heavy atom. The maximum absolute atomic E-state index is 14.6. The number of allylic oxidation sites excluding steroid dienone is 1. The molecule has 34 heavy (non-hydrogen) atoms. The Balaban J connectivity index is 2.49. The van der Waals surface area contributed by atoms with Crippen LogP contribution in [0.5, 0.6) is 17.4 Å². The number of nitrogens with zero attached hydrogens (tertiary/aromatic N) is 2. The monoisotopic (exact) mass is 484 g/mol. The van der Waals surface area contributed by atoms with Crippen molar-refractivity contribution < 1.29 is 41.4 Å². The average molecular weight is 484 g/mol. The molecule has 13 heteroatoms. The number of Topliss-reactive ketones (excluding diaryl/α,β-unsaturated/α-hetero) is 1. The summed E-state index contributed by atoms with van der Waals surface area (Å²) in [4.78, 5) is 37.7. The first-order chi connectivity index (χ1) is 15.8. The summed E-state index contributed by atoms with van der Waals surface area (Å²) >= 11 is 0. The zero-order valence-corrected chi connectivity index (χ0v) is 18.1. The van der Waals surface area contributed by atoms with Crippen LogP contribution in [0.2, 0.25) is 0 Å². The molecule has 9 nitrogen and oxygen atoms in total. The predicted molar refractivity (Wildman–Crippen MR) is 113 cm³/mol. The maximum atomic E-state index is 14.6.